The SMILES string of the molecule is COc1cccc(NC(=O)c2ccc(N=C(N)N=C(N)N)cc2)c1. The summed E-state index contributed by atoms with van der Waals surface area (Å²) >= 11 is 0. The van der Waals surface area contributed by atoms with E-state index < -0.39 is 0 Å². The normalized spacial score (nSPS) is 10.8. The molecule has 2 rings (SSSR count). The molecular weight excluding hydrogens is 308 g/mol. The molecule has 7 N–H and O–H groups in total. The number of carbonyl (C=O) groups excluding carboxylic acids is 1. The minimum Gasteiger partial charge on any atom is -0.497 e. The van der Waals surface area contributed by atoms with Gasteiger partial charge in [0.1, 0.15) is 5.75 Å². The Labute approximate surface area is 139 Å². The molecule has 0 fully saturated rings. The van der Waals surface area contributed by atoms with Crippen molar-refractivity contribution in [1.29, 1.82) is 0 Å². The highest BCUT2D eigenvalue weighted by molar-refractivity contribution is 6.04. The molecule has 0 bridgehead atoms. The van der Waals surface area contributed by atoms with Gasteiger partial charge < -0.3 is 27.3 Å². The second-order valence-corrected chi connectivity index (χ2v) is 4.74. The molecule has 24 heavy (non-hydrogen) atoms. The second kappa shape index (κ2) is 7.63. The van der Waals surface area contributed by atoms with Crippen LogP contribution in [-0.2, 0) is 0 Å². The first-order valence-corrected chi connectivity index (χ1v) is 6.97. The number of nitrogens with two attached hydrogens (primary N) is 3. The fourth-order valence-electron chi connectivity index (χ4n) is 1.88. The minimum absolute atomic E-state index is 0.0661. The average molecular weight is 326 g/mol. The van der Waals surface area contributed by atoms with Gasteiger partial charge in [-0.05, 0) is 36.4 Å². The molecule has 1 amide bonds. The summed E-state index contributed by atoms with van der Waals surface area (Å²) in [6, 6.07) is 13.6. The summed E-state index contributed by atoms with van der Waals surface area (Å²) in [5.74, 6) is 0.165. The Morgan fingerprint density at radius 2 is 1.79 bits per heavy atom. The third-order valence-electron chi connectivity index (χ3n) is 2.94. The summed E-state index contributed by atoms with van der Waals surface area (Å²) in [5.41, 5.74) is 17.6. The van der Waals surface area contributed by atoms with E-state index in [1.807, 2.05) is 0 Å². The molecule has 0 unspecified atom stereocenters. The van der Waals surface area contributed by atoms with E-state index in [0.717, 1.165) is 0 Å². The van der Waals surface area contributed by atoms with Gasteiger partial charge in [-0.15, -0.1) is 0 Å². The molecule has 0 saturated heterocycles. The lowest BCUT2D eigenvalue weighted by Gasteiger charge is -2.07. The van der Waals surface area contributed by atoms with Crippen LogP contribution in [0.4, 0.5) is 11.4 Å². The van der Waals surface area contributed by atoms with Gasteiger partial charge in [-0.25, -0.2) is 4.99 Å². The molecule has 2 aromatic carbocycles. The van der Waals surface area contributed by atoms with Crippen LogP contribution in [0.5, 0.6) is 5.75 Å². The molecule has 0 atom stereocenters. The van der Waals surface area contributed by atoms with Crippen LogP contribution in [0.25, 0.3) is 0 Å². The van der Waals surface area contributed by atoms with Crippen LogP contribution in [0.3, 0.4) is 0 Å². The Morgan fingerprint density at radius 3 is 2.42 bits per heavy atom. The lowest BCUT2D eigenvalue weighted by atomic mass is 10.2. The number of guanidine groups is 2. The highest BCUT2D eigenvalue weighted by atomic mass is 16.5. The van der Waals surface area contributed by atoms with Crippen molar-refractivity contribution in [2.75, 3.05) is 12.4 Å². The smallest absolute Gasteiger partial charge is 0.255 e. The number of carbonyl (C=O) groups is 1. The van der Waals surface area contributed by atoms with Gasteiger partial charge in [0.2, 0.25) is 5.96 Å². The summed E-state index contributed by atoms with van der Waals surface area (Å²) in [6.45, 7) is 0. The first kappa shape index (κ1) is 16.8. The minimum atomic E-state index is -0.254. The number of ether oxygens (including phenoxy) is 1. The number of hydrogen-bond acceptors (Lipinski definition) is 3. The van der Waals surface area contributed by atoms with Gasteiger partial charge in [0, 0.05) is 17.3 Å². The average Bonchev–Trinajstić information content (AvgIpc) is 2.54. The Kier molecular flexibility index (Phi) is 5.35. The summed E-state index contributed by atoms with van der Waals surface area (Å²) in [5, 5.41) is 2.78. The fourth-order valence-corrected chi connectivity index (χ4v) is 1.88. The van der Waals surface area contributed by atoms with Crippen LogP contribution in [-0.4, -0.2) is 24.9 Å². The van der Waals surface area contributed by atoms with Gasteiger partial charge in [0.05, 0.1) is 12.8 Å². The quantitative estimate of drug-likeness (QED) is 0.493. The van der Waals surface area contributed by atoms with Crippen molar-refractivity contribution in [3.63, 3.8) is 0 Å². The number of aliphatic imine (C=N–C) groups is 2. The number of rotatable bonds is 4. The highest BCUT2D eigenvalue weighted by Gasteiger charge is 2.06. The first-order valence-electron chi connectivity index (χ1n) is 6.97. The van der Waals surface area contributed by atoms with E-state index in [4.69, 9.17) is 21.9 Å². The summed E-state index contributed by atoms with van der Waals surface area (Å²) in [6.07, 6.45) is 0. The highest BCUT2D eigenvalue weighted by Crippen LogP contribution is 2.18. The molecule has 0 radical (unpaired) electrons. The predicted octanol–water partition coefficient (Wildman–Crippen LogP) is 1.17. The fraction of sp³-hybridized carbons (Fsp3) is 0.0625. The monoisotopic (exact) mass is 326 g/mol. The van der Waals surface area contributed by atoms with Crippen LogP contribution in [0.15, 0.2) is 58.5 Å². The maximum Gasteiger partial charge on any atom is 0.255 e. The first-order chi connectivity index (χ1) is 11.5. The number of amides is 1. The van der Waals surface area contributed by atoms with Crippen molar-refractivity contribution in [2.45, 2.75) is 0 Å². The second-order valence-electron chi connectivity index (χ2n) is 4.74. The molecule has 0 aliphatic rings. The molecule has 124 valence electrons. The molecule has 0 aromatic heterocycles. The lowest BCUT2D eigenvalue weighted by molar-refractivity contribution is 0.102. The zero-order valence-corrected chi connectivity index (χ0v) is 13.1. The largest absolute Gasteiger partial charge is 0.497 e. The molecule has 0 heterocycles. The van der Waals surface area contributed by atoms with Gasteiger partial charge in [0.25, 0.3) is 5.91 Å². The van der Waals surface area contributed by atoms with Crippen molar-refractivity contribution in [3.05, 3.63) is 54.1 Å². The molecule has 8 nitrogen and oxygen atoms in total. The van der Waals surface area contributed by atoms with E-state index in [1.54, 1.807) is 55.6 Å². The zero-order chi connectivity index (χ0) is 17.5. The number of anilines is 1. The van der Waals surface area contributed by atoms with Crippen LogP contribution < -0.4 is 27.3 Å². The summed E-state index contributed by atoms with van der Waals surface area (Å²) in [7, 11) is 1.56. The van der Waals surface area contributed by atoms with Crippen molar-refractivity contribution in [2.24, 2.45) is 27.2 Å². The standard InChI is InChI=1S/C16H18N6O2/c1-24-13-4-2-3-12(9-13)20-14(23)10-5-7-11(8-6-10)21-16(19)22-15(17)18/h2-9H,1H3,(H,20,23)(H6,17,18,19,21,22). The number of hydrogen-bond donors (Lipinski definition) is 4. The van der Waals surface area contributed by atoms with Crippen LogP contribution >= 0.6 is 0 Å². The Morgan fingerprint density at radius 1 is 1.08 bits per heavy atom. The van der Waals surface area contributed by atoms with E-state index >= 15 is 0 Å². The summed E-state index contributed by atoms with van der Waals surface area (Å²) < 4.78 is 5.12. The molecule has 0 aliphatic heterocycles. The maximum atomic E-state index is 12.2. The van der Waals surface area contributed by atoms with E-state index in [9.17, 15) is 4.79 Å². The van der Waals surface area contributed by atoms with E-state index in [0.29, 0.717) is 22.7 Å². The number of nitrogens with one attached hydrogen (secondary N) is 1. The van der Waals surface area contributed by atoms with Crippen LogP contribution in [0.1, 0.15) is 10.4 Å². The van der Waals surface area contributed by atoms with Gasteiger partial charge >= 0.3 is 0 Å². The number of benzene rings is 2. The van der Waals surface area contributed by atoms with E-state index in [2.05, 4.69) is 15.3 Å². The van der Waals surface area contributed by atoms with Gasteiger partial charge in [0.15, 0.2) is 5.96 Å². The van der Waals surface area contributed by atoms with E-state index in [1.165, 1.54) is 0 Å². The summed E-state index contributed by atoms with van der Waals surface area (Å²) in [4.78, 5) is 19.8. The van der Waals surface area contributed by atoms with Gasteiger partial charge in [-0.1, -0.05) is 6.07 Å². The lowest BCUT2D eigenvalue weighted by Crippen LogP contribution is -2.26. The predicted molar refractivity (Wildman–Crippen MR) is 94.5 cm³/mol. The van der Waals surface area contributed by atoms with Crippen molar-refractivity contribution >= 4 is 29.2 Å². The topological polar surface area (TPSA) is 141 Å². The Balaban J connectivity index is 2.09. The molecule has 0 spiro atoms. The van der Waals surface area contributed by atoms with Gasteiger partial charge in [-0.3, -0.25) is 4.79 Å². The van der Waals surface area contributed by atoms with Crippen LogP contribution in [0.2, 0.25) is 0 Å². The Hall–Kier alpha value is -3.55. The number of nitrogens with zero attached hydrogens (tertiary/aromatic N) is 2. The van der Waals surface area contributed by atoms with Crippen LogP contribution in [0, 0.1) is 0 Å². The molecular formula is C16H18N6O2. The van der Waals surface area contributed by atoms with Gasteiger partial charge in [-0.2, -0.15) is 4.99 Å². The third-order valence-corrected chi connectivity index (χ3v) is 2.94. The van der Waals surface area contributed by atoms with Crippen molar-refractivity contribution in [1.82, 2.24) is 0 Å². The molecule has 2 aromatic rings. The molecule has 0 saturated carbocycles. The number of methoxy groups -OCH3 is 1. The van der Waals surface area contributed by atoms with Crippen molar-refractivity contribution in [3.8, 4) is 5.75 Å². The zero-order valence-electron chi connectivity index (χ0n) is 13.1. The molecule has 0 aliphatic carbocycles. The molecule has 8 heteroatoms. The maximum absolute atomic E-state index is 12.2. The Bertz CT molecular complexity index is 779. The third kappa shape index (κ3) is 4.73. The van der Waals surface area contributed by atoms with E-state index in [-0.39, 0.29) is 17.8 Å². The van der Waals surface area contributed by atoms with Crippen molar-refractivity contribution < 1.29 is 9.53 Å².